The van der Waals surface area contributed by atoms with Gasteiger partial charge in [-0.2, -0.15) is 0 Å². The van der Waals surface area contributed by atoms with Gasteiger partial charge in [0.25, 0.3) is 11.8 Å². The highest BCUT2D eigenvalue weighted by Gasteiger charge is 2.54. The first-order valence-corrected chi connectivity index (χ1v) is 8.77. The van der Waals surface area contributed by atoms with Crippen LogP contribution in [0.25, 0.3) is 0 Å². The number of amides is 2. The Labute approximate surface area is 153 Å². The number of ether oxygens (including phenoxy) is 1. The zero-order valence-corrected chi connectivity index (χ0v) is 14.8. The van der Waals surface area contributed by atoms with Gasteiger partial charge in [-0.15, -0.1) is 11.8 Å². The SMILES string of the molecule is COC(=O)C1=C(C)CS[C@@H]2C(NC(=O)c3ccccc3C(=O)O)C(=O)N12. The number of carboxylic acids is 1. The molecule has 0 spiro atoms. The number of aromatic carboxylic acids is 1. The van der Waals surface area contributed by atoms with Crippen LogP contribution in [0.1, 0.15) is 27.6 Å². The number of carbonyl (C=O) groups excluding carboxylic acids is 3. The van der Waals surface area contributed by atoms with Crippen LogP contribution in [-0.4, -0.2) is 58.0 Å². The lowest BCUT2D eigenvalue weighted by Gasteiger charge is -2.49. The Bertz CT molecular complexity index is 849. The molecule has 3 rings (SSSR count). The van der Waals surface area contributed by atoms with E-state index in [0.29, 0.717) is 5.75 Å². The number of fused-ring (bicyclic) bond motifs is 1. The molecule has 9 heteroatoms. The van der Waals surface area contributed by atoms with E-state index >= 15 is 0 Å². The second-order valence-corrected chi connectivity index (χ2v) is 6.94. The van der Waals surface area contributed by atoms with E-state index in [1.165, 1.54) is 42.0 Å². The normalized spacial score (nSPS) is 21.6. The highest BCUT2D eigenvalue weighted by atomic mass is 32.2. The Hall–Kier alpha value is -2.81. The lowest BCUT2D eigenvalue weighted by atomic mass is 10.0. The molecule has 0 aliphatic carbocycles. The first-order chi connectivity index (χ1) is 12.4. The van der Waals surface area contributed by atoms with Crippen LogP contribution in [0.2, 0.25) is 0 Å². The summed E-state index contributed by atoms with van der Waals surface area (Å²) in [6.07, 6.45) is 0. The van der Waals surface area contributed by atoms with Gasteiger partial charge in [-0.25, -0.2) is 9.59 Å². The van der Waals surface area contributed by atoms with E-state index in [9.17, 15) is 24.3 Å². The minimum Gasteiger partial charge on any atom is -0.478 e. The second kappa shape index (κ2) is 6.83. The van der Waals surface area contributed by atoms with Crippen molar-refractivity contribution in [3.8, 4) is 0 Å². The fourth-order valence-corrected chi connectivity index (χ4v) is 4.24. The van der Waals surface area contributed by atoms with Crippen molar-refractivity contribution < 1.29 is 29.0 Å². The molecule has 1 fully saturated rings. The minimum atomic E-state index is -1.23. The Morgan fingerprint density at radius 2 is 1.92 bits per heavy atom. The van der Waals surface area contributed by atoms with E-state index in [1.807, 2.05) is 0 Å². The number of carbonyl (C=O) groups is 4. The summed E-state index contributed by atoms with van der Waals surface area (Å²) in [4.78, 5) is 49.5. The zero-order valence-electron chi connectivity index (χ0n) is 14.0. The fraction of sp³-hybridized carbons (Fsp3) is 0.294. The van der Waals surface area contributed by atoms with Crippen molar-refractivity contribution in [1.29, 1.82) is 0 Å². The van der Waals surface area contributed by atoms with Gasteiger partial charge in [0.05, 0.1) is 18.2 Å². The van der Waals surface area contributed by atoms with Crippen molar-refractivity contribution in [1.82, 2.24) is 10.2 Å². The number of β-lactam (4-membered cyclic amide) rings is 1. The summed E-state index contributed by atoms with van der Waals surface area (Å²) >= 11 is 1.42. The van der Waals surface area contributed by atoms with Crippen molar-refractivity contribution in [3.63, 3.8) is 0 Å². The highest BCUT2D eigenvalue weighted by Crippen LogP contribution is 2.40. The maximum Gasteiger partial charge on any atom is 0.354 e. The van der Waals surface area contributed by atoms with E-state index in [0.717, 1.165) is 5.57 Å². The van der Waals surface area contributed by atoms with E-state index in [1.54, 1.807) is 13.0 Å². The molecule has 2 amide bonds. The van der Waals surface area contributed by atoms with Crippen LogP contribution < -0.4 is 5.32 Å². The number of benzene rings is 1. The standard InChI is InChI=1S/C17H16N2O6S/c1-8-7-26-15-11(14(21)19(15)12(8)17(24)25-2)18-13(20)9-5-3-4-6-10(9)16(22)23/h3-6,11,15H,7H2,1-2H3,(H,18,20)(H,22,23)/t11?,15-/m1/s1. The van der Waals surface area contributed by atoms with Gasteiger partial charge in [0.1, 0.15) is 17.1 Å². The summed E-state index contributed by atoms with van der Waals surface area (Å²) in [5.74, 6) is -2.37. The monoisotopic (exact) mass is 376 g/mol. The van der Waals surface area contributed by atoms with Gasteiger partial charge >= 0.3 is 11.9 Å². The number of thioether (sulfide) groups is 1. The molecule has 1 aromatic carbocycles. The van der Waals surface area contributed by atoms with Crippen molar-refractivity contribution in [2.75, 3.05) is 12.9 Å². The average molecular weight is 376 g/mol. The molecule has 1 saturated heterocycles. The molecule has 0 radical (unpaired) electrons. The molecule has 2 heterocycles. The Balaban J connectivity index is 1.80. The summed E-state index contributed by atoms with van der Waals surface area (Å²) < 4.78 is 4.74. The Morgan fingerprint density at radius 1 is 1.27 bits per heavy atom. The number of methoxy groups -OCH3 is 1. The van der Waals surface area contributed by atoms with Crippen LogP contribution in [0.5, 0.6) is 0 Å². The van der Waals surface area contributed by atoms with E-state index < -0.39 is 35.2 Å². The third-order valence-corrected chi connectivity index (χ3v) is 5.65. The first kappa shape index (κ1) is 18.0. The number of esters is 1. The van der Waals surface area contributed by atoms with E-state index in [-0.39, 0.29) is 16.8 Å². The second-order valence-electron chi connectivity index (χ2n) is 5.83. The molecule has 1 unspecified atom stereocenters. The molecule has 0 saturated carbocycles. The van der Waals surface area contributed by atoms with Gasteiger partial charge in [-0.1, -0.05) is 12.1 Å². The summed E-state index contributed by atoms with van der Waals surface area (Å²) in [6.45, 7) is 1.75. The number of rotatable bonds is 4. The maximum atomic E-state index is 12.5. The topological polar surface area (TPSA) is 113 Å². The summed E-state index contributed by atoms with van der Waals surface area (Å²) in [7, 11) is 1.24. The summed E-state index contributed by atoms with van der Waals surface area (Å²) in [5, 5.41) is 11.3. The first-order valence-electron chi connectivity index (χ1n) is 7.72. The fourth-order valence-electron chi connectivity index (χ4n) is 2.95. The molecule has 1 aromatic rings. The van der Waals surface area contributed by atoms with Crippen molar-refractivity contribution in [2.45, 2.75) is 18.3 Å². The van der Waals surface area contributed by atoms with E-state index in [4.69, 9.17) is 4.74 Å². The number of nitrogens with one attached hydrogen (secondary N) is 1. The third kappa shape index (κ3) is 2.84. The minimum absolute atomic E-state index is 0.0213. The number of hydrogen-bond donors (Lipinski definition) is 2. The van der Waals surface area contributed by atoms with Gasteiger partial charge < -0.3 is 15.2 Å². The van der Waals surface area contributed by atoms with Crippen molar-refractivity contribution in [2.24, 2.45) is 0 Å². The quantitative estimate of drug-likeness (QED) is 0.591. The molecule has 2 aliphatic heterocycles. The molecule has 8 nitrogen and oxygen atoms in total. The smallest absolute Gasteiger partial charge is 0.354 e. The van der Waals surface area contributed by atoms with Crippen LogP contribution in [0.15, 0.2) is 35.5 Å². The van der Waals surface area contributed by atoms with Crippen LogP contribution in [-0.2, 0) is 14.3 Å². The van der Waals surface area contributed by atoms with Crippen molar-refractivity contribution >= 4 is 35.5 Å². The maximum absolute atomic E-state index is 12.5. The predicted molar refractivity (Wildman–Crippen MR) is 92.5 cm³/mol. The molecular weight excluding hydrogens is 360 g/mol. The molecule has 26 heavy (non-hydrogen) atoms. The molecule has 136 valence electrons. The van der Waals surface area contributed by atoms with Gasteiger partial charge in [0.2, 0.25) is 0 Å². The average Bonchev–Trinajstić information content (AvgIpc) is 2.64. The van der Waals surface area contributed by atoms with E-state index in [2.05, 4.69) is 5.32 Å². The predicted octanol–water partition coefficient (Wildman–Crippen LogP) is 0.845. The Kier molecular flexibility index (Phi) is 4.73. The lowest BCUT2D eigenvalue weighted by molar-refractivity contribution is -0.150. The van der Waals surface area contributed by atoms with Crippen LogP contribution in [0.4, 0.5) is 0 Å². The van der Waals surface area contributed by atoms with Crippen LogP contribution in [0.3, 0.4) is 0 Å². The molecule has 0 bridgehead atoms. The number of hydrogen-bond acceptors (Lipinski definition) is 6. The van der Waals surface area contributed by atoms with Crippen LogP contribution in [0, 0.1) is 0 Å². The van der Waals surface area contributed by atoms with Gasteiger partial charge in [0.15, 0.2) is 0 Å². The zero-order chi connectivity index (χ0) is 19.0. The largest absolute Gasteiger partial charge is 0.478 e. The van der Waals surface area contributed by atoms with Crippen molar-refractivity contribution in [3.05, 3.63) is 46.7 Å². The van der Waals surface area contributed by atoms with Gasteiger partial charge in [-0.3, -0.25) is 14.5 Å². The summed E-state index contributed by atoms with van der Waals surface area (Å²) in [5.41, 5.74) is 0.771. The number of carboxylic acid groups (broad SMARTS) is 1. The molecular formula is C17H16N2O6S. The van der Waals surface area contributed by atoms with Gasteiger partial charge in [-0.05, 0) is 24.6 Å². The third-order valence-electron chi connectivity index (χ3n) is 4.23. The summed E-state index contributed by atoms with van der Waals surface area (Å²) in [6, 6.07) is 4.94. The highest BCUT2D eigenvalue weighted by molar-refractivity contribution is 8.00. The Morgan fingerprint density at radius 3 is 2.54 bits per heavy atom. The molecule has 2 N–H and O–H groups in total. The molecule has 2 aliphatic rings. The van der Waals surface area contributed by atoms with Gasteiger partial charge in [0, 0.05) is 5.75 Å². The molecule has 0 aromatic heterocycles. The molecule has 2 atom stereocenters. The lowest BCUT2D eigenvalue weighted by Crippen LogP contribution is -2.70. The van der Waals surface area contributed by atoms with Crippen LogP contribution >= 0.6 is 11.8 Å². The number of nitrogens with zero attached hydrogens (tertiary/aromatic N) is 1.